The lowest BCUT2D eigenvalue weighted by Gasteiger charge is -2.08. The monoisotopic (exact) mass is 336 g/mol. The van der Waals surface area contributed by atoms with Crippen LogP contribution in [-0.4, -0.2) is 82.9 Å². The highest BCUT2D eigenvalue weighted by molar-refractivity contribution is 5.80. The van der Waals surface area contributed by atoms with E-state index >= 15 is 0 Å². The van der Waals surface area contributed by atoms with Gasteiger partial charge in [0.2, 0.25) is 5.91 Å². The van der Waals surface area contributed by atoms with Gasteiger partial charge in [0.05, 0.1) is 59.3 Å². The molecule has 0 aromatic heterocycles. The van der Waals surface area contributed by atoms with Crippen LogP contribution in [0.5, 0.6) is 0 Å². The van der Waals surface area contributed by atoms with Crippen molar-refractivity contribution in [1.82, 2.24) is 5.32 Å². The first-order chi connectivity index (χ1) is 11.2. The standard InChI is InChI=1S/C14H28N2O7/c15-3-5-20-7-9-22-11-12-23-10-8-21-6-4-16-13(17)1-2-14(18)19/h1-12,15H2,(H,16,17)(H,18,19). The first kappa shape index (κ1) is 21.7. The lowest BCUT2D eigenvalue weighted by Crippen LogP contribution is -2.27. The zero-order valence-corrected chi connectivity index (χ0v) is 13.5. The van der Waals surface area contributed by atoms with Gasteiger partial charge < -0.3 is 35.1 Å². The summed E-state index contributed by atoms with van der Waals surface area (Å²) in [5.41, 5.74) is 5.27. The molecular formula is C14H28N2O7. The highest BCUT2D eigenvalue weighted by Gasteiger charge is 2.03. The molecular weight excluding hydrogens is 308 g/mol. The van der Waals surface area contributed by atoms with E-state index in [4.69, 9.17) is 29.8 Å². The number of carboxylic acids is 1. The van der Waals surface area contributed by atoms with Crippen LogP contribution in [0.1, 0.15) is 12.8 Å². The molecule has 0 aromatic carbocycles. The van der Waals surface area contributed by atoms with Crippen LogP contribution in [0.3, 0.4) is 0 Å². The van der Waals surface area contributed by atoms with E-state index in [1.165, 1.54) is 0 Å². The van der Waals surface area contributed by atoms with Gasteiger partial charge in [0.1, 0.15) is 0 Å². The molecule has 23 heavy (non-hydrogen) atoms. The summed E-state index contributed by atoms with van der Waals surface area (Å²) in [5, 5.41) is 11.0. The third kappa shape index (κ3) is 18.7. The van der Waals surface area contributed by atoms with Gasteiger partial charge in [0, 0.05) is 19.5 Å². The second-order valence-corrected chi connectivity index (χ2v) is 4.48. The van der Waals surface area contributed by atoms with Crippen LogP contribution in [0.25, 0.3) is 0 Å². The minimum absolute atomic E-state index is 0.0181. The molecule has 0 radical (unpaired) electrons. The fourth-order valence-corrected chi connectivity index (χ4v) is 1.42. The number of amides is 1. The molecule has 0 bridgehead atoms. The number of aliphatic carboxylic acids is 1. The van der Waals surface area contributed by atoms with E-state index in [0.29, 0.717) is 65.9 Å². The van der Waals surface area contributed by atoms with Gasteiger partial charge in [0.15, 0.2) is 0 Å². The number of rotatable bonds is 17. The van der Waals surface area contributed by atoms with Crippen molar-refractivity contribution in [1.29, 1.82) is 0 Å². The van der Waals surface area contributed by atoms with Crippen molar-refractivity contribution in [3.63, 3.8) is 0 Å². The van der Waals surface area contributed by atoms with Crippen molar-refractivity contribution in [3.05, 3.63) is 0 Å². The zero-order valence-electron chi connectivity index (χ0n) is 13.5. The second-order valence-electron chi connectivity index (χ2n) is 4.48. The molecule has 0 aromatic rings. The quantitative estimate of drug-likeness (QED) is 0.288. The second kappa shape index (κ2) is 17.1. The Morgan fingerprint density at radius 1 is 0.783 bits per heavy atom. The third-order valence-corrected chi connectivity index (χ3v) is 2.51. The fourth-order valence-electron chi connectivity index (χ4n) is 1.42. The molecule has 0 spiro atoms. The van der Waals surface area contributed by atoms with Crippen LogP contribution >= 0.6 is 0 Å². The van der Waals surface area contributed by atoms with Gasteiger partial charge in [-0.2, -0.15) is 0 Å². The molecule has 0 atom stereocenters. The van der Waals surface area contributed by atoms with E-state index in [1.807, 2.05) is 0 Å². The Kier molecular flexibility index (Phi) is 16.2. The van der Waals surface area contributed by atoms with E-state index in [2.05, 4.69) is 5.32 Å². The van der Waals surface area contributed by atoms with Crippen molar-refractivity contribution in [3.8, 4) is 0 Å². The molecule has 1 amide bonds. The summed E-state index contributed by atoms with van der Waals surface area (Å²) in [6.07, 6.45) is -0.183. The van der Waals surface area contributed by atoms with Crippen LogP contribution in [0.2, 0.25) is 0 Å². The summed E-state index contributed by atoms with van der Waals surface area (Å²) in [6.45, 7) is 4.64. The maximum atomic E-state index is 11.2. The SMILES string of the molecule is NCCOCCOCCOCCOCCNC(=O)CCC(=O)O. The molecule has 9 nitrogen and oxygen atoms in total. The number of ether oxygens (including phenoxy) is 4. The van der Waals surface area contributed by atoms with Crippen LogP contribution < -0.4 is 11.1 Å². The Labute approximate surface area is 136 Å². The van der Waals surface area contributed by atoms with E-state index in [9.17, 15) is 9.59 Å². The van der Waals surface area contributed by atoms with Crippen molar-refractivity contribution in [2.75, 3.05) is 65.9 Å². The van der Waals surface area contributed by atoms with Crippen LogP contribution in [-0.2, 0) is 28.5 Å². The topological polar surface area (TPSA) is 129 Å². The minimum atomic E-state index is -0.986. The van der Waals surface area contributed by atoms with Gasteiger partial charge >= 0.3 is 5.97 Å². The van der Waals surface area contributed by atoms with Crippen molar-refractivity contribution >= 4 is 11.9 Å². The summed E-state index contributed by atoms with van der Waals surface area (Å²) >= 11 is 0. The number of nitrogens with one attached hydrogen (secondary N) is 1. The van der Waals surface area contributed by atoms with Crippen molar-refractivity contribution < 1.29 is 33.6 Å². The molecule has 0 heterocycles. The molecule has 0 rings (SSSR count). The van der Waals surface area contributed by atoms with Gasteiger partial charge in [-0.3, -0.25) is 9.59 Å². The zero-order chi connectivity index (χ0) is 17.2. The van der Waals surface area contributed by atoms with Crippen LogP contribution in [0, 0.1) is 0 Å². The Balaban J connectivity index is 3.10. The highest BCUT2D eigenvalue weighted by atomic mass is 16.6. The highest BCUT2D eigenvalue weighted by Crippen LogP contribution is 1.88. The van der Waals surface area contributed by atoms with E-state index in [0.717, 1.165) is 0 Å². The normalized spacial score (nSPS) is 10.7. The lowest BCUT2D eigenvalue weighted by atomic mass is 10.3. The molecule has 0 unspecified atom stereocenters. The average Bonchev–Trinajstić information content (AvgIpc) is 2.53. The maximum Gasteiger partial charge on any atom is 0.303 e. The minimum Gasteiger partial charge on any atom is -0.481 e. The predicted octanol–water partition coefficient (Wildman–Crippen LogP) is -1.01. The van der Waals surface area contributed by atoms with Crippen molar-refractivity contribution in [2.24, 2.45) is 5.73 Å². The van der Waals surface area contributed by atoms with Gasteiger partial charge in [-0.1, -0.05) is 0 Å². The lowest BCUT2D eigenvalue weighted by molar-refractivity contribution is -0.138. The number of hydrogen-bond donors (Lipinski definition) is 3. The van der Waals surface area contributed by atoms with Crippen LogP contribution in [0.4, 0.5) is 0 Å². The molecule has 0 aliphatic carbocycles. The van der Waals surface area contributed by atoms with Gasteiger partial charge in [0.25, 0.3) is 0 Å². The summed E-state index contributed by atoms with van der Waals surface area (Å²) in [6, 6.07) is 0. The van der Waals surface area contributed by atoms with Gasteiger partial charge in [-0.05, 0) is 0 Å². The first-order valence-electron chi connectivity index (χ1n) is 7.66. The van der Waals surface area contributed by atoms with Gasteiger partial charge in [-0.25, -0.2) is 0 Å². The number of carbonyl (C=O) groups excluding carboxylic acids is 1. The molecule has 4 N–H and O–H groups in total. The number of nitrogens with two attached hydrogens (primary N) is 1. The van der Waals surface area contributed by atoms with Gasteiger partial charge in [-0.15, -0.1) is 0 Å². The van der Waals surface area contributed by atoms with E-state index in [-0.39, 0.29) is 18.7 Å². The molecule has 0 fully saturated rings. The fraction of sp³-hybridized carbons (Fsp3) is 0.857. The Bertz CT molecular complexity index is 303. The predicted molar refractivity (Wildman–Crippen MR) is 82.2 cm³/mol. The summed E-state index contributed by atoms with van der Waals surface area (Å²) in [5.74, 6) is -1.28. The summed E-state index contributed by atoms with van der Waals surface area (Å²) in [7, 11) is 0. The molecule has 136 valence electrons. The third-order valence-electron chi connectivity index (χ3n) is 2.51. The average molecular weight is 336 g/mol. The Hall–Kier alpha value is -1.26. The molecule has 0 aliphatic rings. The van der Waals surface area contributed by atoms with Crippen LogP contribution in [0.15, 0.2) is 0 Å². The largest absolute Gasteiger partial charge is 0.481 e. The maximum absolute atomic E-state index is 11.2. The number of carboxylic acid groups (broad SMARTS) is 1. The van der Waals surface area contributed by atoms with Crippen molar-refractivity contribution in [2.45, 2.75) is 12.8 Å². The smallest absolute Gasteiger partial charge is 0.303 e. The molecule has 0 saturated carbocycles. The molecule has 0 saturated heterocycles. The molecule has 0 aliphatic heterocycles. The number of carbonyl (C=O) groups is 2. The molecule has 9 heteroatoms. The van der Waals surface area contributed by atoms with E-state index in [1.54, 1.807) is 0 Å². The van der Waals surface area contributed by atoms with E-state index < -0.39 is 5.97 Å². The first-order valence-corrected chi connectivity index (χ1v) is 7.66. The summed E-state index contributed by atoms with van der Waals surface area (Å²) in [4.78, 5) is 21.4. The summed E-state index contributed by atoms with van der Waals surface area (Å²) < 4.78 is 21.0. The Morgan fingerprint density at radius 3 is 1.74 bits per heavy atom. The Morgan fingerprint density at radius 2 is 1.26 bits per heavy atom. The number of hydrogen-bond acceptors (Lipinski definition) is 7.